The summed E-state index contributed by atoms with van der Waals surface area (Å²) in [5.41, 5.74) is 7.55. The van der Waals surface area contributed by atoms with E-state index < -0.39 is 17.3 Å². The summed E-state index contributed by atoms with van der Waals surface area (Å²) < 4.78 is 32.4. The molecule has 0 amide bonds. The minimum Gasteiger partial charge on any atom is -0.481 e. The van der Waals surface area contributed by atoms with Crippen LogP contribution in [0.1, 0.15) is 32.3 Å². The van der Waals surface area contributed by atoms with Crippen molar-refractivity contribution in [1.29, 1.82) is 0 Å². The van der Waals surface area contributed by atoms with Crippen LogP contribution in [0.3, 0.4) is 0 Å². The van der Waals surface area contributed by atoms with Gasteiger partial charge >= 0.3 is 5.97 Å². The molecule has 1 fully saturated rings. The highest BCUT2D eigenvalue weighted by atomic mass is 19.3. The third-order valence-electron chi connectivity index (χ3n) is 5.61. The molecule has 1 saturated heterocycles. The van der Waals surface area contributed by atoms with Crippen molar-refractivity contribution in [1.82, 2.24) is 9.88 Å². The predicted molar refractivity (Wildman–Crippen MR) is 126 cm³/mol. The zero-order chi connectivity index (χ0) is 24.9. The highest BCUT2D eigenvalue weighted by Crippen LogP contribution is 2.28. The number of nitrogens with zero attached hydrogens (tertiary/aromatic N) is 4. The molecule has 0 unspecified atom stereocenters. The number of hydrogen-bond acceptors (Lipinski definition) is 4. The Morgan fingerprint density at radius 3 is 2.32 bits per heavy atom. The maximum Gasteiger partial charge on any atom is 0.312 e. The number of nitrogens with two attached hydrogens (primary N) is 1. The molecule has 3 rings (SSSR count). The van der Waals surface area contributed by atoms with E-state index in [0.717, 1.165) is 11.1 Å². The van der Waals surface area contributed by atoms with Gasteiger partial charge in [-0.05, 0) is 25.5 Å². The normalized spacial score (nSPS) is 16.9. The average molecular weight is 474 g/mol. The van der Waals surface area contributed by atoms with Crippen LogP contribution in [-0.2, 0) is 4.79 Å². The van der Waals surface area contributed by atoms with E-state index >= 15 is 0 Å². The van der Waals surface area contributed by atoms with E-state index in [2.05, 4.69) is 15.0 Å². The van der Waals surface area contributed by atoms with Crippen LogP contribution in [0.2, 0.25) is 0 Å². The molecule has 8 nitrogen and oxygen atoms in total. The number of carboxylic acids is 1. The fraction of sp³-hybridized carbons (Fsp3) is 0.417. The molecule has 0 aliphatic carbocycles. The average Bonchev–Trinajstić information content (AvgIpc) is 2.82. The highest BCUT2D eigenvalue weighted by Gasteiger charge is 2.35. The number of aromatic nitrogens is 1. The molecule has 1 aliphatic heterocycles. The second-order valence-corrected chi connectivity index (χ2v) is 8.80. The number of hydrogen-bond donors (Lipinski definition) is 2. The molecule has 2 aromatic rings. The molecule has 1 aliphatic rings. The molecule has 0 radical (unpaired) electrons. The van der Waals surface area contributed by atoms with Crippen molar-refractivity contribution in [2.45, 2.75) is 32.6 Å². The van der Waals surface area contributed by atoms with Gasteiger partial charge in [0.05, 0.1) is 5.41 Å². The van der Waals surface area contributed by atoms with Crippen LogP contribution in [0.4, 0.5) is 8.78 Å². The van der Waals surface area contributed by atoms with E-state index in [-0.39, 0.29) is 38.4 Å². The van der Waals surface area contributed by atoms with Gasteiger partial charge in [0.2, 0.25) is 11.8 Å². The lowest BCUT2D eigenvalue weighted by molar-refractivity contribution is -0.148. The third-order valence-corrected chi connectivity index (χ3v) is 5.61. The first kappa shape index (κ1) is 25.1. The number of benzene rings is 1. The Balaban J connectivity index is 1.65. The molecule has 10 heteroatoms. The molecular formula is C24H29F2N5O3. The number of carbonyl (C=O) groups is 1. The second-order valence-electron chi connectivity index (χ2n) is 8.80. The Labute approximate surface area is 197 Å². The number of aliphatic imine (C=N–C) groups is 2. The fourth-order valence-corrected chi connectivity index (χ4v) is 3.25. The van der Waals surface area contributed by atoms with Gasteiger partial charge in [0.25, 0.3) is 5.92 Å². The number of pyridine rings is 1. The topological polar surface area (TPSA) is 113 Å². The maximum atomic E-state index is 13.4. The van der Waals surface area contributed by atoms with Crippen LogP contribution in [0, 0.1) is 5.41 Å². The van der Waals surface area contributed by atoms with E-state index in [1.807, 2.05) is 30.3 Å². The van der Waals surface area contributed by atoms with Crippen LogP contribution in [-0.4, -0.2) is 65.4 Å². The van der Waals surface area contributed by atoms with Crippen LogP contribution >= 0.6 is 0 Å². The van der Waals surface area contributed by atoms with Gasteiger partial charge in [0, 0.05) is 56.4 Å². The van der Waals surface area contributed by atoms with Gasteiger partial charge in [-0.2, -0.15) is 4.99 Å². The molecule has 3 N–H and O–H groups in total. The lowest BCUT2D eigenvalue weighted by Gasteiger charge is -2.32. The number of carboxylic acid groups (broad SMARTS) is 1. The smallest absolute Gasteiger partial charge is 0.312 e. The van der Waals surface area contributed by atoms with E-state index in [0.29, 0.717) is 17.4 Å². The van der Waals surface area contributed by atoms with Gasteiger partial charge in [-0.1, -0.05) is 24.3 Å². The molecule has 182 valence electrons. The Hall–Kier alpha value is -3.56. The molecule has 0 saturated carbocycles. The summed E-state index contributed by atoms with van der Waals surface area (Å²) in [5.74, 6) is -2.67. The number of guanidine groups is 1. The zero-order valence-electron chi connectivity index (χ0n) is 19.5. The third kappa shape index (κ3) is 6.27. The summed E-state index contributed by atoms with van der Waals surface area (Å²) in [6, 6.07) is 10.9. The van der Waals surface area contributed by atoms with Gasteiger partial charge in [0.1, 0.15) is 12.4 Å². The van der Waals surface area contributed by atoms with E-state index in [1.165, 1.54) is 0 Å². The fourth-order valence-electron chi connectivity index (χ4n) is 3.25. The lowest BCUT2D eigenvalue weighted by atomic mass is 9.95. The number of rotatable bonds is 6. The predicted octanol–water partition coefficient (Wildman–Crippen LogP) is 3.66. The monoisotopic (exact) mass is 473 g/mol. The summed E-state index contributed by atoms with van der Waals surface area (Å²) in [7, 11) is 1.56. The standard InChI is InChI=1S/C24H29F2N5O3/c1-23(2,21(32)33)15-34-19-9-8-18(14-29-19)16-4-6-17(7-5-16)20(27)30-22(28-3)31-12-10-24(25,26)11-13-31/h4-9,14H,10-13,15H2,1-3H3,(H,32,33)(H2,27,28,30). The number of piperidine rings is 1. The summed E-state index contributed by atoms with van der Waals surface area (Å²) in [4.78, 5) is 25.6. The summed E-state index contributed by atoms with van der Waals surface area (Å²) in [6.07, 6.45) is 1.18. The number of likely N-dealkylation sites (tertiary alicyclic amines) is 1. The quantitative estimate of drug-likeness (QED) is 0.489. The van der Waals surface area contributed by atoms with E-state index in [4.69, 9.17) is 15.6 Å². The first-order valence-corrected chi connectivity index (χ1v) is 10.9. The number of alkyl halides is 2. The van der Waals surface area contributed by atoms with Gasteiger partial charge in [-0.25, -0.2) is 13.8 Å². The first-order chi connectivity index (χ1) is 16.0. The van der Waals surface area contributed by atoms with Crippen LogP contribution in [0.15, 0.2) is 52.6 Å². The second kappa shape index (κ2) is 10.1. The molecule has 1 aromatic carbocycles. The van der Waals surface area contributed by atoms with Crippen molar-refractivity contribution < 1.29 is 23.4 Å². The molecule has 2 heterocycles. The van der Waals surface area contributed by atoms with Gasteiger partial charge in [0.15, 0.2) is 0 Å². The molecule has 34 heavy (non-hydrogen) atoms. The number of aliphatic carboxylic acids is 1. The summed E-state index contributed by atoms with van der Waals surface area (Å²) in [5, 5.41) is 9.17. The Kier molecular flexibility index (Phi) is 7.48. The number of amidine groups is 1. The van der Waals surface area contributed by atoms with Crippen molar-refractivity contribution in [3.05, 3.63) is 48.2 Å². The highest BCUT2D eigenvalue weighted by molar-refractivity contribution is 6.05. The van der Waals surface area contributed by atoms with Crippen molar-refractivity contribution in [3.8, 4) is 17.0 Å². The minimum absolute atomic E-state index is 0.00486. The SMILES string of the molecule is CN=C(/N=C(\N)c1ccc(-c2ccc(OCC(C)(C)C(=O)O)nc2)cc1)N1CCC(F)(F)CC1. The Morgan fingerprint density at radius 2 is 1.79 bits per heavy atom. The summed E-state index contributed by atoms with van der Waals surface area (Å²) >= 11 is 0. The van der Waals surface area contributed by atoms with Gasteiger partial charge in [-0.3, -0.25) is 9.79 Å². The van der Waals surface area contributed by atoms with Crippen LogP contribution in [0.25, 0.3) is 11.1 Å². The first-order valence-electron chi connectivity index (χ1n) is 10.9. The minimum atomic E-state index is -2.64. The zero-order valence-corrected chi connectivity index (χ0v) is 19.5. The van der Waals surface area contributed by atoms with Crippen molar-refractivity contribution in [2.24, 2.45) is 21.1 Å². The molecule has 0 spiro atoms. The molecule has 0 atom stereocenters. The Morgan fingerprint density at radius 1 is 1.18 bits per heavy atom. The van der Waals surface area contributed by atoms with Crippen LogP contribution < -0.4 is 10.5 Å². The van der Waals surface area contributed by atoms with Gasteiger partial charge in [-0.15, -0.1) is 0 Å². The number of halogens is 2. The van der Waals surface area contributed by atoms with E-state index in [9.17, 15) is 13.6 Å². The molecule has 1 aromatic heterocycles. The van der Waals surface area contributed by atoms with Crippen molar-refractivity contribution in [3.63, 3.8) is 0 Å². The van der Waals surface area contributed by atoms with Crippen molar-refractivity contribution >= 4 is 17.8 Å². The summed E-state index contributed by atoms with van der Waals surface area (Å²) in [6.45, 7) is 3.53. The lowest BCUT2D eigenvalue weighted by Crippen LogP contribution is -2.42. The maximum absolute atomic E-state index is 13.4. The van der Waals surface area contributed by atoms with Crippen LogP contribution in [0.5, 0.6) is 5.88 Å². The molecular weight excluding hydrogens is 444 g/mol. The van der Waals surface area contributed by atoms with Gasteiger partial charge < -0.3 is 20.5 Å². The van der Waals surface area contributed by atoms with E-state index in [1.54, 1.807) is 38.1 Å². The number of ether oxygens (including phenoxy) is 1. The van der Waals surface area contributed by atoms with Crippen molar-refractivity contribution in [2.75, 3.05) is 26.7 Å². The Bertz CT molecular complexity index is 1060. The molecule has 0 bridgehead atoms. The largest absolute Gasteiger partial charge is 0.481 e.